The lowest BCUT2D eigenvalue weighted by atomic mass is 10.1. The van der Waals surface area contributed by atoms with Gasteiger partial charge in [-0.1, -0.05) is 12.1 Å². The topological polar surface area (TPSA) is 86.5 Å². The number of anilines is 2. The molecule has 0 fully saturated rings. The Bertz CT molecular complexity index is 1070. The molecule has 2 heterocycles. The molecule has 8 nitrogen and oxygen atoms in total. The molecule has 1 aromatic carbocycles. The van der Waals surface area contributed by atoms with Crippen LogP contribution in [0.5, 0.6) is 5.75 Å². The average Bonchev–Trinajstić information content (AvgIpc) is 3.27. The molecule has 0 saturated heterocycles. The van der Waals surface area contributed by atoms with Gasteiger partial charge in [-0.25, -0.2) is 4.98 Å². The Balaban J connectivity index is 1.70. The van der Waals surface area contributed by atoms with Crippen molar-refractivity contribution < 1.29 is 19.1 Å². The lowest BCUT2D eigenvalue weighted by Gasteiger charge is -2.20. The normalized spacial score (nSPS) is 10.7. The fourth-order valence-corrected chi connectivity index (χ4v) is 3.97. The van der Waals surface area contributed by atoms with Crippen LogP contribution >= 0.6 is 11.3 Å². The predicted octanol–water partition coefficient (Wildman–Crippen LogP) is 3.47. The van der Waals surface area contributed by atoms with Crippen LogP contribution in [0.25, 0.3) is 0 Å². The van der Waals surface area contributed by atoms with Gasteiger partial charge in [0.05, 0.1) is 30.6 Å². The van der Waals surface area contributed by atoms with Crippen molar-refractivity contribution in [2.45, 2.75) is 33.8 Å². The highest BCUT2D eigenvalue weighted by molar-refractivity contribution is 7.14. The van der Waals surface area contributed by atoms with Crippen molar-refractivity contribution in [3.8, 4) is 5.75 Å². The van der Waals surface area contributed by atoms with E-state index in [1.165, 1.54) is 23.2 Å². The molecule has 0 spiro atoms. The van der Waals surface area contributed by atoms with E-state index in [0.717, 1.165) is 17.0 Å². The number of thiazole rings is 1. The van der Waals surface area contributed by atoms with Gasteiger partial charge in [0.25, 0.3) is 0 Å². The zero-order chi connectivity index (χ0) is 21.8. The highest BCUT2D eigenvalue weighted by Crippen LogP contribution is 2.35. The fraction of sp³-hybridized carbons (Fsp3) is 0.333. The monoisotopic (exact) mass is 428 g/mol. The molecular weight excluding hydrogens is 404 g/mol. The van der Waals surface area contributed by atoms with Gasteiger partial charge in [0, 0.05) is 30.6 Å². The Labute approximate surface area is 179 Å². The average molecular weight is 429 g/mol. The summed E-state index contributed by atoms with van der Waals surface area (Å²) in [6, 6.07) is 7.23. The van der Waals surface area contributed by atoms with Crippen LogP contribution in [0, 0.1) is 13.8 Å². The van der Waals surface area contributed by atoms with Crippen LogP contribution < -0.4 is 9.64 Å². The molecule has 3 rings (SSSR count). The number of methoxy groups -OCH3 is 1. The van der Waals surface area contributed by atoms with Gasteiger partial charge in [0.15, 0.2) is 5.13 Å². The number of aryl methyl sites for hydroxylation is 2. The molecule has 1 amide bonds. The number of hydrogen-bond donors (Lipinski definition) is 0. The van der Waals surface area contributed by atoms with E-state index in [4.69, 9.17) is 9.47 Å². The smallest absolute Gasteiger partial charge is 0.310 e. The third kappa shape index (κ3) is 4.51. The van der Waals surface area contributed by atoms with Gasteiger partial charge >= 0.3 is 5.97 Å². The molecule has 0 saturated carbocycles. The molecule has 0 bridgehead atoms. The van der Waals surface area contributed by atoms with E-state index >= 15 is 0 Å². The lowest BCUT2D eigenvalue weighted by Crippen LogP contribution is -2.23. The SMILES string of the molecule is COc1ccccc1N(C(C)=O)c1nc(COC(=O)Cc2c(C)nn(C)c2C)cs1. The molecule has 9 heteroatoms. The molecule has 0 N–H and O–H groups in total. The van der Waals surface area contributed by atoms with Gasteiger partial charge in [0.1, 0.15) is 12.4 Å². The minimum absolute atomic E-state index is 0.0331. The molecule has 0 atom stereocenters. The van der Waals surface area contributed by atoms with Gasteiger partial charge < -0.3 is 9.47 Å². The summed E-state index contributed by atoms with van der Waals surface area (Å²) >= 11 is 1.30. The zero-order valence-electron chi connectivity index (χ0n) is 17.6. The number of ether oxygens (including phenoxy) is 2. The predicted molar refractivity (Wildman–Crippen MR) is 114 cm³/mol. The van der Waals surface area contributed by atoms with E-state index in [1.807, 2.05) is 33.0 Å². The highest BCUT2D eigenvalue weighted by atomic mass is 32.1. The maximum absolute atomic E-state index is 12.3. The van der Waals surface area contributed by atoms with Crippen molar-refractivity contribution in [1.82, 2.24) is 14.8 Å². The summed E-state index contributed by atoms with van der Waals surface area (Å²) < 4.78 is 12.5. The number of benzene rings is 1. The molecule has 30 heavy (non-hydrogen) atoms. The summed E-state index contributed by atoms with van der Waals surface area (Å²) in [6.45, 7) is 5.29. The van der Waals surface area contributed by atoms with Crippen LogP contribution in [-0.2, 0) is 34.4 Å². The molecule has 0 unspecified atom stereocenters. The van der Waals surface area contributed by atoms with E-state index in [0.29, 0.717) is 22.3 Å². The summed E-state index contributed by atoms with van der Waals surface area (Å²) in [7, 11) is 3.39. The summed E-state index contributed by atoms with van der Waals surface area (Å²) in [5, 5.41) is 6.57. The first kappa shape index (κ1) is 21.5. The maximum atomic E-state index is 12.3. The third-order valence-electron chi connectivity index (χ3n) is 4.73. The number of carbonyl (C=O) groups is 2. The largest absolute Gasteiger partial charge is 0.495 e. The maximum Gasteiger partial charge on any atom is 0.310 e. The quantitative estimate of drug-likeness (QED) is 0.536. The Kier molecular flexibility index (Phi) is 6.51. The fourth-order valence-electron chi connectivity index (χ4n) is 3.11. The van der Waals surface area contributed by atoms with Crippen molar-refractivity contribution in [2.24, 2.45) is 7.05 Å². The lowest BCUT2D eigenvalue weighted by molar-refractivity contribution is -0.144. The molecule has 0 aliphatic rings. The van der Waals surface area contributed by atoms with E-state index in [2.05, 4.69) is 10.1 Å². The number of nitrogens with zero attached hydrogens (tertiary/aromatic N) is 4. The van der Waals surface area contributed by atoms with Crippen LogP contribution in [0.2, 0.25) is 0 Å². The molecule has 0 radical (unpaired) electrons. The van der Waals surface area contributed by atoms with Crippen LogP contribution in [0.15, 0.2) is 29.6 Å². The van der Waals surface area contributed by atoms with Gasteiger partial charge in [-0.05, 0) is 26.0 Å². The molecule has 0 aliphatic heterocycles. The first-order valence-electron chi connectivity index (χ1n) is 9.34. The summed E-state index contributed by atoms with van der Waals surface area (Å²) in [5.74, 6) is 0.0231. The van der Waals surface area contributed by atoms with Crippen molar-refractivity contribution >= 4 is 34.0 Å². The van der Waals surface area contributed by atoms with Crippen molar-refractivity contribution in [3.05, 3.63) is 52.3 Å². The van der Waals surface area contributed by atoms with Crippen molar-refractivity contribution in [3.63, 3.8) is 0 Å². The van der Waals surface area contributed by atoms with E-state index < -0.39 is 0 Å². The second kappa shape index (κ2) is 9.08. The van der Waals surface area contributed by atoms with E-state index in [9.17, 15) is 9.59 Å². The third-order valence-corrected chi connectivity index (χ3v) is 5.61. The first-order chi connectivity index (χ1) is 14.3. The summed E-state index contributed by atoms with van der Waals surface area (Å²) in [5.41, 5.74) is 3.81. The molecule has 2 aromatic heterocycles. The number of esters is 1. The Morgan fingerprint density at radius 2 is 1.97 bits per heavy atom. The molecule has 3 aromatic rings. The number of aromatic nitrogens is 3. The van der Waals surface area contributed by atoms with Gasteiger partial charge in [0.2, 0.25) is 5.91 Å². The van der Waals surface area contributed by atoms with Crippen LogP contribution in [0.3, 0.4) is 0 Å². The molecule has 0 aliphatic carbocycles. The van der Waals surface area contributed by atoms with Gasteiger partial charge in [-0.2, -0.15) is 5.10 Å². The van der Waals surface area contributed by atoms with Crippen LogP contribution in [-0.4, -0.2) is 33.8 Å². The minimum atomic E-state index is -0.350. The van der Waals surface area contributed by atoms with E-state index in [-0.39, 0.29) is 24.9 Å². The number of hydrogen-bond acceptors (Lipinski definition) is 7. The van der Waals surface area contributed by atoms with Gasteiger partial charge in [-0.3, -0.25) is 19.2 Å². The van der Waals surface area contributed by atoms with Crippen LogP contribution in [0.1, 0.15) is 29.6 Å². The number of carbonyl (C=O) groups excluding carboxylic acids is 2. The van der Waals surface area contributed by atoms with Crippen LogP contribution in [0.4, 0.5) is 10.8 Å². The highest BCUT2D eigenvalue weighted by Gasteiger charge is 2.22. The first-order valence-corrected chi connectivity index (χ1v) is 10.2. The summed E-state index contributed by atoms with van der Waals surface area (Å²) in [4.78, 5) is 30.5. The van der Waals surface area contributed by atoms with Gasteiger partial charge in [-0.15, -0.1) is 11.3 Å². The van der Waals surface area contributed by atoms with Crippen molar-refractivity contribution in [2.75, 3.05) is 12.0 Å². The van der Waals surface area contributed by atoms with E-state index in [1.54, 1.807) is 29.3 Å². The second-order valence-electron chi connectivity index (χ2n) is 6.76. The minimum Gasteiger partial charge on any atom is -0.495 e. The number of para-hydroxylation sites is 2. The van der Waals surface area contributed by atoms with Crippen molar-refractivity contribution in [1.29, 1.82) is 0 Å². The second-order valence-corrected chi connectivity index (χ2v) is 7.59. The summed E-state index contributed by atoms with van der Waals surface area (Å²) in [6.07, 6.45) is 0.156. The molecular formula is C21H24N4O4S. The Hall–Kier alpha value is -3.20. The zero-order valence-corrected chi connectivity index (χ0v) is 18.4. The Morgan fingerprint density at radius 1 is 1.23 bits per heavy atom. The standard InChI is InChI=1S/C21H24N4O4S/c1-13-17(14(2)24(4)23-13)10-20(27)29-11-16-12-30-21(22-16)25(15(3)26)18-8-6-7-9-19(18)28-5/h6-9,12H,10-11H2,1-5H3. The molecule has 158 valence electrons. The number of amides is 1. The Morgan fingerprint density at radius 3 is 2.60 bits per heavy atom. The number of rotatable bonds is 7.